The summed E-state index contributed by atoms with van der Waals surface area (Å²) >= 11 is 0. The van der Waals surface area contributed by atoms with Crippen LogP contribution in [0.1, 0.15) is 19.8 Å². The van der Waals surface area contributed by atoms with Crippen molar-refractivity contribution in [1.82, 2.24) is 0 Å². The molecule has 0 heterocycles. The van der Waals surface area contributed by atoms with Gasteiger partial charge in [0.1, 0.15) is 0 Å². The Morgan fingerprint density at radius 3 is 2.50 bits per heavy atom. The van der Waals surface area contributed by atoms with E-state index in [2.05, 4.69) is 11.1 Å². The summed E-state index contributed by atoms with van der Waals surface area (Å²) in [5, 5.41) is 0. The zero-order valence-electron chi connectivity index (χ0n) is 6.17. The molecule has 1 radical (unpaired) electrons. The molecule has 4 heteroatoms. The van der Waals surface area contributed by atoms with Crippen LogP contribution >= 0.6 is 0 Å². The van der Waals surface area contributed by atoms with E-state index in [1.165, 1.54) is 0 Å². The van der Waals surface area contributed by atoms with E-state index in [-0.39, 0.29) is 12.4 Å². The second-order valence-electron chi connectivity index (χ2n) is 1.94. The van der Waals surface area contributed by atoms with Gasteiger partial charge >= 0.3 is 0 Å². The smallest absolute Gasteiger partial charge is 0.267 e. The summed E-state index contributed by atoms with van der Waals surface area (Å²) in [6, 6.07) is 0. The minimum Gasteiger partial charge on any atom is -0.270 e. The van der Waals surface area contributed by atoms with Gasteiger partial charge in [-0.15, -0.1) is 0 Å². The minimum atomic E-state index is -3.26. The first kappa shape index (κ1) is 9.91. The molecule has 0 unspecified atom stereocenters. The van der Waals surface area contributed by atoms with Crippen LogP contribution in [-0.4, -0.2) is 20.8 Å². The molecule has 0 saturated heterocycles. The molecule has 0 fully saturated rings. The Kier molecular flexibility index (Phi) is 4.64. The Balaban J connectivity index is 3.65. The fourth-order valence-electron chi connectivity index (χ4n) is 0.507. The molecule has 0 aliphatic rings. The van der Waals surface area contributed by atoms with Gasteiger partial charge in [0.15, 0.2) is 0 Å². The highest BCUT2D eigenvalue weighted by molar-refractivity contribution is 7.86. The third-order valence-corrected chi connectivity index (χ3v) is 2.33. The summed E-state index contributed by atoms with van der Waals surface area (Å²) in [7, 11) is -3.26. The van der Waals surface area contributed by atoms with E-state index in [0.29, 0.717) is 6.42 Å². The van der Waals surface area contributed by atoms with E-state index in [0.717, 1.165) is 6.42 Å². The van der Waals surface area contributed by atoms with Crippen molar-refractivity contribution >= 4 is 10.1 Å². The number of hydrogen-bond donors (Lipinski definition) is 0. The first-order valence-electron chi connectivity index (χ1n) is 3.28. The maximum atomic E-state index is 10.7. The first-order chi connectivity index (χ1) is 4.62. The van der Waals surface area contributed by atoms with Crippen LogP contribution in [0.3, 0.4) is 0 Å². The molecule has 0 atom stereocenters. The average molecular weight is 165 g/mol. The van der Waals surface area contributed by atoms with Gasteiger partial charge in [-0.1, -0.05) is 13.3 Å². The van der Waals surface area contributed by atoms with E-state index in [1.807, 2.05) is 6.92 Å². The van der Waals surface area contributed by atoms with Crippen molar-refractivity contribution in [2.24, 2.45) is 0 Å². The van der Waals surface area contributed by atoms with Crippen molar-refractivity contribution in [3.8, 4) is 0 Å². The lowest BCUT2D eigenvalue weighted by Gasteiger charge is -2.00. The van der Waals surface area contributed by atoms with Gasteiger partial charge in [0.2, 0.25) is 0 Å². The van der Waals surface area contributed by atoms with Crippen LogP contribution in [0.2, 0.25) is 0 Å². The highest BCUT2D eigenvalue weighted by atomic mass is 32.2. The Bertz CT molecular complexity index is 160. The third kappa shape index (κ3) is 4.76. The van der Waals surface area contributed by atoms with Gasteiger partial charge in [0, 0.05) is 0 Å². The monoisotopic (exact) mass is 165 g/mol. The molecule has 0 rings (SSSR count). The number of unbranched alkanes of at least 4 members (excludes halogenated alkanes) is 1. The fourth-order valence-corrected chi connectivity index (χ4v) is 1.52. The standard InChI is InChI=1S/C6H13O3S/c1-3-5-6-10(7,8)9-4-2/h2-6H2,1H3. The first-order valence-corrected chi connectivity index (χ1v) is 4.86. The zero-order valence-corrected chi connectivity index (χ0v) is 6.99. The predicted molar refractivity (Wildman–Crippen MR) is 40.0 cm³/mol. The van der Waals surface area contributed by atoms with Crippen molar-refractivity contribution in [2.75, 3.05) is 12.4 Å². The molecule has 0 aromatic heterocycles. The van der Waals surface area contributed by atoms with Gasteiger partial charge in [-0.3, -0.25) is 4.18 Å². The Morgan fingerprint density at radius 1 is 1.50 bits per heavy atom. The lowest BCUT2D eigenvalue weighted by atomic mass is 10.4. The van der Waals surface area contributed by atoms with Gasteiger partial charge in [-0.25, -0.2) is 0 Å². The van der Waals surface area contributed by atoms with Crippen LogP contribution in [0.5, 0.6) is 0 Å². The maximum Gasteiger partial charge on any atom is 0.267 e. The van der Waals surface area contributed by atoms with Crippen molar-refractivity contribution in [3.63, 3.8) is 0 Å². The molecule has 0 spiro atoms. The van der Waals surface area contributed by atoms with E-state index >= 15 is 0 Å². The highest BCUT2D eigenvalue weighted by Gasteiger charge is 2.07. The molecule has 3 nitrogen and oxygen atoms in total. The van der Waals surface area contributed by atoms with Crippen LogP contribution in [0.25, 0.3) is 0 Å². The van der Waals surface area contributed by atoms with Gasteiger partial charge in [-0.2, -0.15) is 8.42 Å². The van der Waals surface area contributed by atoms with Crippen LogP contribution in [0.15, 0.2) is 0 Å². The van der Waals surface area contributed by atoms with E-state index < -0.39 is 10.1 Å². The molecule has 0 aliphatic carbocycles. The predicted octanol–water partition coefficient (Wildman–Crippen LogP) is 0.967. The van der Waals surface area contributed by atoms with Crippen LogP contribution in [0.4, 0.5) is 0 Å². The molecule has 0 amide bonds. The fraction of sp³-hybridized carbons (Fsp3) is 0.833. The maximum absolute atomic E-state index is 10.7. The second kappa shape index (κ2) is 4.68. The van der Waals surface area contributed by atoms with Gasteiger partial charge in [0.25, 0.3) is 10.1 Å². The van der Waals surface area contributed by atoms with Crippen LogP contribution in [0, 0.1) is 6.92 Å². The van der Waals surface area contributed by atoms with Gasteiger partial charge < -0.3 is 0 Å². The van der Waals surface area contributed by atoms with E-state index in [9.17, 15) is 8.42 Å². The molecule has 10 heavy (non-hydrogen) atoms. The third-order valence-electron chi connectivity index (χ3n) is 1.01. The van der Waals surface area contributed by atoms with Crippen molar-refractivity contribution in [1.29, 1.82) is 0 Å². The topological polar surface area (TPSA) is 43.4 Å². The SMILES string of the molecule is [CH2]COS(=O)(=O)CCCC. The highest BCUT2D eigenvalue weighted by Crippen LogP contribution is 1.97. The summed E-state index contributed by atoms with van der Waals surface area (Å²) in [4.78, 5) is 0. The molecule has 61 valence electrons. The Hall–Kier alpha value is -0.0900. The molecular weight excluding hydrogens is 152 g/mol. The van der Waals surface area contributed by atoms with Crippen molar-refractivity contribution < 1.29 is 12.6 Å². The molecular formula is C6H13O3S. The zero-order chi connectivity index (χ0) is 8.04. The summed E-state index contributed by atoms with van der Waals surface area (Å²) in [5.74, 6) is 0.110. The largest absolute Gasteiger partial charge is 0.270 e. The van der Waals surface area contributed by atoms with E-state index in [1.54, 1.807) is 0 Å². The summed E-state index contributed by atoms with van der Waals surface area (Å²) in [5.41, 5.74) is 0. The molecule has 0 saturated carbocycles. The second-order valence-corrected chi connectivity index (χ2v) is 3.70. The normalized spacial score (nSPS) is 11.8. The summed E-state index contributed by atoms with van der Waals surface area (Å²) in [6.07, 6.45) is 1.52. The molecule has 0 aliphatic heterocycles. The average Bonchev–Trinajstić information content (AvgIpc) is 1.84. The molecule has 0 N–H and O–H groups in total. The van der Waals surface area contributed by atoms with Crippen LogP contribution < -0.4 is 0 Å². The summed E-state index contributed by atoms with van der Waals surface area (Å²) < 4.78 is 25.8. The summed E-state index contributed by atoms with van der Waals surface area (Å²) in [6.45, 7) is 5.20. The Morgan fingerprint density at radius 2 is 2.10 bits per heavy atom. The molecule has 0 bridgehead atoms. The number of rotatable bonds is 5. The van der Waals surface area contributed by atoms with Gasteiger partial charge in [0.05, 0.1) is 12.4 Å². The number of hydrogen-bond acceptors (Lipinski definition) is 3. The lowest BCUT2D eigenvalue weighted by molar-refractivity contribution is 0.355. The van der Waals surface area contributed by atoms with Crippen LogP contribution in [-0.2, 0) is 14.3 Å². The van der Waals surface area contributed by atoms with Crippen molar-refractivity contribution in [2.45, 2.75) is 19.8 Å². The molecule has 0 aromatic carbocycles. The van der Waals surface area contributed by atoms with E-state index in [4.69, 9.17) is 0 Å². The lowest BCUT2D eigenvalue weighted by Crippen LogP contribution is -2.09. The van der Waals surface area contributed by atoms with Gasteiger partial charge in [-0.05, 0) is 13.3 Å². The van der Waals surface area contributed by atoms with Crippen molar-refractivity contribution in [3.05, 3.63) is 6.92 Å². The quantitative estimate of drug-likeness (QED) is 0.570. The molecule has 0 aromatic rings. The minimum absolute atomic E-state index is 0.00789. The Labute approximate surface area is 62.5 Å².